The predicted molar refractivity (Wildman–Crippen MR) is 76.3 cm³/mol. The molecule has 0 bridgehead atoms. The van der Waals surface area contributed by atoms with E-state index < -0.39 is 10.0 Å². The van der Waals surface area contributed by atoms with Gasteiger partial charge in [0.2, 0.25) is 10.0 Å². The van der Waals surface area contributed by atoms with Gasteiger partial charge in [-0.3, -0.25) is 0 Å². The van der Waals surface area contributed by atoms with Crippen molar-refractivity contribution in [1.29, 1.82) is 0 Å². The number of benzene rings is 1. The lowest BCUT2D eigenvalue weighted by Gasteiger charge is -2.19. The number of hydrogen-bond acceptors (Lipinski definition) is 4. The van der Waals surface area contributed by atoms with Crippen molar-refractivity contribution < 1.29 is 13.5 Å². The van der Waals surface area contributed by atoms with Crippen LogP contribution in [0.3, 0.4) is 0 Å². The summed E-state index contributed by atoms with van der Waals surface area (Å²) in [5.74, 6) is -0.151. The summed E-state index contributed by atoms with van der Waals surface area (Å²) in [6.45, 7) is 5.40. The Labute approximate surface area is 114 Å². The summed E-state index contributed by atoms with van der Waals surface area (Å²) >= 11 is 0. The minimum absolute atomic E-state index is 0.0689. The summed E-state index contributed by atoms with van der Waals surface area (Å²) in [6.07, 6.45) is 0.761. The predicted octanol–water partition coefficient (Wildman–Crippen LogP) is 1.13. The molecule has 0 fully saturated rings. The summed E-state index contributed by atoms with van der Waals surface area (Å²) in [7, 11) is -3.60. The van der Waals surface area contributed by atoms with Gasteiger partial charge in [0.05, 0.1) is 4.90 Å². The molecule has 1 aromatic carbocycles. The molecule has 5 nitrogen and oxygen atoms in total. The van der Waals surface area contributed by atoms with E-state index in [9.17, 15) is 8.42 Å². The van der Waals surface area contributed by atoms with E-state index in [-0.39, 0.29) is 23.5 Å². The molecule has 2 atom stereocenters. The lowest BCUT2D eigenvalue weighted by molar-refractivity contribution is 0.216. The molecule has 0 radical (unpaired) electrons. The quantitative estimate of drug-likeness (QED) is 0.683. The van der Waals surface area contributed by atoms with Gasteiger partial charge in [0.15, 0.2) is 0 Å². The van der Waals surface area contributed by atoms with Crippen LogP contribution >= 0.6 is 0 Å². The van der Waals surface area contributed by atoms with Crippen LogP contribution in [0.5, 0.6) is 0 Å². The van der Waals surface area contributed by atoms with Gasteiger partial charge in [0, 0.05) is 18.3 Å². The lowest BCUT2D eigenvalue weighted by Crippen LogP contribution is -2.38. The monoisotopic (exact) mass is 286 g/mol. The van der Waals surface area contributed by atoms with Crippen molar-refractivity contribution in [3.63, 3.8) is 0 Å². The van der Waals surface area contributed by atoms with Gasteiger partial charge >= 0.3 is 0 Å². The fourth-order valence-corrected chi connectivity index (χ4v) is 3.04. The molecular weight excluding hydrogens is 264 g/mol. The number of nitrogen functional groups attached to an aromatic ring is 1. The zero-order chi connectivity index (χ0) is 14.6. The molecule has 0 aromatic heterocycles. The van der Waals surface area contributed by atoms with Crippen molar-refractivity contribution in [2.75, 3.05) is 12.3 Å². The van der Waals surface area contributed by atoms with E-state index >= 15 is 0 Å². The summed E-state index contributed by atoms with van der Waals surface area (Å²) in [6, 6.07) is 4.40. The fraction of sp³-hybridized carbons (Fsp3) is 0.538. The van der Waals surface area contributed by atoms with Gasteiger partial charge < -0.3 is 10.8 Å². The summed E-state index contributed by atoms with van der Waals surface area (Å²) in [5, 5.41) is 9.03. The van der Waals surface area contributed by atoms with Crippen LogP contribution in [0, 0.1) is 5.92 Å². The van der Waals surface area contributed by atoms with Crippen molar-refractivity contribution in [3.8, 4) is 0 Å². The van der Waals surface area contributed by atoms with Gasteiger partial charge in [-0.25, -0.2) is 13.1 Å². The van der Waals surface area contributed by atoms with Crippen LogP contribution in [0.25, 0.3) is 0 Å². The van der Waals surface area contributed by atoms with Crippen LogP contribution in [-0.2, 0) is 16.4 Å². The Bertz CT molecular complexity index is 529. The Kier molecular flexibility index (Phi) is 5.34. The first-order chi connectivity index (χ1) is 8.81. The Morgan fingerprint density at radius 3 is 2.47 bits per heavy atom. The number of aliphatic hydroxyl groups excluding tert-OH is 1. The summed E-state index contributed by atoms with van der Waals surface area (Å²) in [4.78, 5) is 0.152. The maximum Gasteiger partial charge on any atom is 0.240 e. The van der Waals surface area contributed by atoms with Crippen molar-refractivity contribution in [2.45, 2.75) is 38.1 Å². The van der Waals surface area contributed by atoms with Crippen LogP contribution < -0.4 is 10.5 Å². The first-order valence-electron chi connectivity index (χ1n) is 6.33. The van der Waals surface area contributed by atoms with E-state index in [1.165, 1.54) is 6.07 Å². The highest BCUT2D eigenvalue weighted by molar-refractivity contribution is 7.89. The molecule has 0 aliphatic heterocycles. The highest BCUT2D eigenvalue weighted by Gasteiger charge is 2.21. The first-order valence-corrected chi connectivity index (χ1v) is 7.81. The van der Waals surface area contributed by atoms with Crippen LogP contribution in [0.15, 0.2) is 23.1 Å². The van der Waals surface area contributed by atoms with Crippen molar-refractivity contribution in [2.24, 2.45) is 5.92 Å². The second-order valence-corrected chi connectivity index (χ2v) is 6.50. The van der Waals surface area contributed by atoms with Gasteiger partial charge in [0.25, 0.3) is 0 Å². The zero-order valence-corrected chi connectivity index (χ0v) is 12.4. The maximum atomic E-state index is 12.2. The summed E-state index contributed by atoms with van der Waals surface area (Å²) < 4.78 is 26.9. The average molecular weight is 286 g/mol. The number of nitrogens with two attached hydrogens (primary N) is 1. The number of rotatable bonds is 6. The SMILES string of the molecule is CCc1ccc(S(=O)(=O)NC(C)C(C)CO)cc1N. The highest BCUT2D eigenvalue weighted by atomic mass is 32.2. The molecule has 2 unspecified atom stereocenters. The van der Waals surface area contributed by atoms with E-state index in [4.69, 9.17) is 10.8 Å². The molecule has 0 aliphatic rings. The van der Waals surface area contributed by atoms with Crippen molar-refractivity contribution >= 4 is 15.7 Å². The molecule has 6 heteroatoms. The Balaban J connectivity index is 2.98. The molecule has 108 valence electrons. The normalized spacial score (nSPS) is 15.2. The number of aliphatic hydroxyl groups is 1. The number of nitrogens with one attached hydrogen (secondary N) is 1. The standard InChI is InChI=1S/C13H22N2O3S/c1-4-11-5-6-12(7-13(11)14)19(17,18)15-10(3)9(2)8-16/h5-7,9-10,15-16H,4,8,14H2,1-3H3. The van der Waals surface area contributed by atoms with Gasteiger partial charge in [-0.05, 0) is 37.0 Å². The number of anilines is 1. The van der Waals surface area contributed by atoms with E-state index in [0.717, 1.165) is 12.0 Å². The minimum atomic E-state index is -3.60. The molecule has 0 heterocycles. The maximum absolute atomic E-state index is 12.2. The van der Waals surface area contributed by atoms with E-state index in [1.807, 2.05) is 6.92 Å². The van der Waals surface area contributed by atoms with Crippen molar-refractivity contribution in [3.05, 3.63) is 23.8 Å². The van der Waals surface area contributed by atoms with Crippen molar-refractivity contribution in [1.82, 2.24) is 4.72 Å². The third-order valence-electron chi connectivity index (χ3n) is 3.29. The zero-order valence-electron chi connectivity index (χ0n) is 11.6. The molecule has 0 saturated heterocycles. The molecule has 4 N–H and O–H groups in total. The van der Waals surface area contributed by atoms with Gasteiger partial charge in [0.1, 0.15) is 0 Å². The lowest BCUT2D eigenvalue weighted by atomic mass is 10.1. The third-order valence-corrected chi connectivity index (χ3v) is 4.85. The van der Waals surface area contributed by atoms with Crippen LogP contribution in [0.1, 0.15) is 26.3 Å². The Morgan fingerprint density at radius 1 is 1.37 bits per heavy atom. The van der Waals surface area contributed by atoms with Gasteiger partial charge in [-0.2, -0.15) is 0 Å². The average Bonchev–Trinajstić information content (AvgIpc) is 2.37. The number of sulfonamides is 1. The minimum Gasteiger partial charge on any atom is -0.398 e. The van der Waals surface area contributed by atoms with Gasteiger partial charge in [-0.15, -0.1) is 0 Å². The molecule has 1 rings (SSSR count). The van der Waals surface area contributed by atoms with Crippen LogP contribution in [0.2, 0.25) is 0 Å². The van der Waals surface area contributed by atoms with Crippen LogP contribution in [0.4, 0.5) is 5.69 Å². The van der Waals surface area contributed by atoms with E-state index in [0.29, 0.717) is 5.69 Å². The fourth-order valence-electron chi connectivity index (χ4n) is 1.65. The van der Waals surface area contributed by atoms with Gasteiger partial charge in [-0.1, -0.05) is 19.9 Å². The first kappa shape index (κ1) is 15.9. The molecule has 0 saturated carbocycles. The topological polar surface area (TPSA) is 92.4 Å². The molecular formula is C13H22N2O3S. The largest absolute Gasteiger partial charge is 0.398 e. The molecule has 0 spiro atoms. The second kappa shape index (κ2) is 6.36. The Morgan fingerprint density at radius 2 is 2.00 bits per heavy atom. The summed E-state index contributed by atoms with van der Waals surface area (Å²) in [5.41, 5.74) is 7.22. The molecule has 19 heavy (non-hydrogen) atoms. The molecule has 0 amide bonds. The number of aryl methyl sites for hydroxylation is 1. The molecule has 0 aliphatic carbocycles. The second-order valence-electron chi connectivity index (χ2n) is 4.78. The van der Waals surface area contributed by atoms with E-state index in [1.54, 1.807) is 26.0 Å². The van der Waals surface area contributed by atoms with Crippen LogP contribution in [-0.4, -0.2) is 26.2 Å². The number of hydrogen-bond donors (Lipinski definition) is 3. The smallest absolute Gasteiger partial charge is 0.240 e. The Hall–Kier alpha value is -1.11. The van der Waals surface area contributed by atoms with E-state index in [2.05, 4.69) is 4.72 Å². The highest BCUT2D eigenvalue weighted by Crippen LogP contribution is 2.19. The molecule has 1 aromatic rings. The third kappa shape index (κ3) is 3.92.